The molecule has 0 aliphatic rings. The first kappa shape index (κ1) is 13.8. The zero-order valence-electron chi connectivity index (χ0n) is 11.1. The number of rotatable bonds is 6. The van der Waals surface area contributed by atoms with Crippen molar-refractivity contribution in [3.63, 3.8) is 0 Å². The molecule has 0 spiro atoms. The molecule has 6 heteroatoms. The molecule has 0 saturated carbocycles. The number of primary amides is 1. The van der Waals surface area contributed by atoms with Crippen molar-refractivity contribution in [3.8, 4) is 5.88 Å². The molecule has 104 valence electrons. The van der Waals surface area contributed by atoms with Crippen LogP contribution in [0.4, 0.5) is 5.82 Å². The Bertz CT molecular complexity index is 574. The second-order valence-electron chi connectivity index (χ2n) is 4.06. The minimum absolute atomic E-state index is 0.446. The topological polar surface area (TPSA) is 90.1 Å². The van der Waals surface area contributed by atoms with Crippen LogP contribution in [0.1, 0.15) is 18.5 Å². The van der Waals surface area contributed by atoms with E-state index >= 15 is 0 Å². The number of nitrogens with zero attached hydrogens (tertiary/aromatic N) is 2. The van der Waals surface area contributed by atoms with Crippen molar-refractivity contribution >= 4 is 11.7 Å². The molecule has 6 nitrogen and oxygen atoms in total. The van der Waals surface area contributed by atoms with Gasteiger partial charge in [0.25, 0.3) is 0 Å². The first-order valence-electron chi connectivity index (χ1n) is 6.26. The molecule has 2 aromatic rings. The lowest BCUT2D eigenvalue weighted by Gasteiger charge is -2.16. The maximum Gasteiger partial charge on any atom is 0.244 e. The number of hydrogen-bond donors (Lipinski definition) is 2. The molecule has 1 aromatic heterocycles. The first-order valence-corrected chi connectivity index (χ1v) is 6.26. The van der Waals surface area contributed by atoms with E-state index in [0.717, 1.165) is 5.56 Å². The van der Waals surface area contributed by atoms with Crippen LogP contribution in [0.5, 0.6) is 5.88 Å². The van der Waals surface area contributed by atoms with Crippen molar-refractivity contribution in [2.24, 2.45) is 5.73 Å². The summed E-state index contributed by atoms with van der Waals surface area (Å²) in [5, 5.41) is 2.99. The molecule has 1 heterocycles. The van der Waals surface area contributed by atoms with E-state index in [2.05, 4.69) is 15.3 Å². The summed E-state index contributed by atoms with van der Waals surface area (Å²) in [5.41, 5.74) is 6.21. The van der Waals surface area contributed by atoms with Crippen molar-refractivity contribution in [2.45, 2.75) is 13.0 Å². The molecule has 1 aromatic carbocycles. The predicted octanol–water partition coefficient (Wildman–Crippen LogP) is 1.51. The summed E-state index contributed by atoms with van der Waals surface area (Å²) >= 11 is 0. The highest BCUT2D eigenvalue weighted by Gasteiger charge is 2.18. The first-order chi connectivity index (χ1) is 9.70. The summed E-state index contributed by atoms with van der Waals surface area (Å²) in [5.74, 6) is 0.449. The van der Waals surface area contributed by atoms with Crippen LogP contribution in [-0.4, -0.2) is 22.5 Å². The average molecular weight is 272 g/mol. The molecule has 20 heavy (non-hydrogen) atoms. The monoisotopic (exact) mass is 272 g/mol. The van der Waals surface area contributed by atoms with E-state index in [0.29, 0.717) is 18.3 Å². The van der Waals surface area contributed by atoms with Gasteiger partial charge in [0.1, 0.15) is 18.2 Å². The molecule has 0 radical (unpaired) electrons. The third-order valence-corrected chi connectivity index (χ3v) is 2.64. The molecule has 3 N–H and O–H groups in total. The number of nitrogens with two attached hydrogens (primary N) is 1. The molecule has 0 bridgehead atoms. The van der Waals surface area contributed by atoms with Gasteiger partial charge in [-0.25, -0.2) is 9.97 Å². The smallest absolute Gasteiger partial charge is 0.244 e. The van der Waals surface area contributed by atoms with E-state index in [4.69, 9.17) is 10.5 Å². The third kappa shape index (κ3) is 3.44. The van der Waals surface area contributed by atoms with Crippen LogP contribution in [0.3, 0.4) is 0 Å². The van der Waals surface area contributed by atoms with E-state index in [9.17, 15) is 4.79 Å². The lowest BCUT2D eigenvalue weighted by molar-refractivity contribution is -0.118. The lowest BCUT2D eigenvalue weighted by atomic mass is 10.1. The Balaban J connectivity index is 2.21. The Hall–Kier alpha value is -2.63. The second-order valence-corrected chi connectivity index (χ2v) is 4.06. The summed E-state index contributed by atoms with van der Waals surface area (Å²) in [6.07, 6.45) is 1.37. The normalized spacial score (nSPS) is 11.7. The van der Waals surface area contributed by atoms with Gasteiger partial charge < -0.3 is 15.8 Å². The number of aromatic nitrogens is 2. The van der Waals surface area contributed by atoms with E-state index in [1.54, 1.807) is 6.07 Å². The number of benzene rings is 1. The lowest BCUT2D eigenvalue weighted by Crippen LogP contribution is -2.28. The second kappa shape index (κ2) is 6.51. The summed E-state index contributed by atoms with van der Waals surface area (Å²) in [4.78, 5) is 19.6. The van der Waals surface area contributed by atoms with Crippen molar-refractivity contribution < 1.29 is 9.53 Å². The number of amides is 1. The number of carbonyl (C=O) groups is 1. The van der Waals surface area contributed by atoms with Crippen molar-refractivity contribution in [1.82, 2.24) is 9.97 Å². The molecule has 0 unspecified atom stereocenters. The highest BCUT2D eigenvalue weighted by atomic mass is 16.5. The number of nitrogens with one attached hydrogen (secondary N) is 1. The molecule has 0 saturated heterocycles. The summed E-state index contributed by atoms with van der Waals surface area (Å²) in [7, 11) is 0. The van der Waals surface area contributed by atoms with Crippen LogP contribution in [-0.2, 0) is 4.79 Å². The van der Waals surface area contributed by atoms with Gasteiger partial charge in [-0.3, -0.25) is 4.79 Å². The molecule has 1 atom stereocenters. The number of anilines is 1. The van der Waals surface area contributed by atoms with Crippen LogP contribution in [0, 0.1) is 0 Å². The summed E-state index contributed by atoms with van der Waals surface area (Å²) in [6.45, 7) is 2.37. The summed E-state index contributed by atoms with van der Waals surface area (Å²) < 4.78 is 5.29. The zero-order valence-corrected chi connectivity index (χ0v) is 11.1. The van der Waals surface area contributed by atoms with Gasteiger partial charge in [0, 0.05) is 6.07 Å². The van der Waals surface area contributed by atoms with E-state index < -0.39 is 11.9 Å². The Labute approximate surface area is 117 Å². The minimum Gasteiger partial charge on any atom is -0.478 e. The average Bonchev–Trinajstić information content (AvgIpc) is 2.46. The van der Waals surface area contributed by atoms with Crippen LogP contribution < -0.4 is 15.8 Å². The third-order valence-electron chi connectivity index (χ3n) is 2.64. The Morgan fingerprint density at radius 3 is 2.75 bits per heavy atom. The van der Waals surface area contributed by atoms with Crippen molar-refractivity contribution in [1.29, 1.82) is 0 Å². The van der Waals surface area contributed by atoms with Gasteiger partial charge in [0.2, 0.25) is 11.8 Å². The van der Waals surface area contributed by atoms with Crippen LogP contribution >= 0.6 is 0 Å². The number of ether oxygens (including phenoxy) is 1. The van der Waals surface area contributed by atoms with Gasteiger partial charge in [0.05, 0.1) is 6.61 Å². The van der Waals surface area contributed by atoms with Gasteiger partial charge in [-0.1, -0.05) is 30.3 Å². The summed E-state index contributed by atoms with van der Waals surface area (Å²) in [6, 6.07) is 10.2. The zero-order chi connectivity index (χ0) is 14.4. The minimum atomic E-state index is -0.652. The standard InChI is InChI=1S/C14H16N4O2/c1-2-20-12-8-11(16-9-17-12)18-13(14(15)19)10-6-4-3-5-7-10/h3-9,13H,2H2,1H3,(H2,15,19)(H,16,17,18)/t13-/m0/s1. The molecule has 1 amide bonds. The fourth-order valence-electron chi connectivity index (χ4n) is 1.76. The Kier molecular flexibility index (Phi) is 4.49. The molecule has 0 fully saturated rings. The maximum atomic E-state index is 11.6. The molecule has 2 rings (SSSR count). The highest BCUT2D eigenvalue weighted by Crippen LogP contribution is 2.19. The van der Waals surface area contributed by atoms with Crippen LogP contribution in [0.2, 0.25) is 0 Å². The molecule has 0 aliphatic carbocycles. The van der Waals surface area contributed by atoms with E-state index in [-0.39, 0.29) is 0 Å². The predicted molar refractivity (Wildman–Crippen MR) is 75.2 cm³/mol. The fourth-order valence-corrected chi connectivity index (χ4v) is 1.76. The quantitative estimate of drug-likeness (QED) is 0.832. The highest BCUT2D eigenvalue weighted by molar-refractivity contribution is 5.84. The van der Waals surface area contributed by atoms with Gasteiger partial charge in [-0.15, -0.1) is 0 Å². The molecular formula is C14H16N4O2. The van der Waals surface area contributed by atoms with Gasteiger partial charge in [-0.05, 0) is 12.5 Å². The Morgan fingerprint density at radius 1 is 1.35 bits per heavy atom. The van der Waals surface area contributed by atoms with Crippen LogP contribution in [0.15, 0.2) is 42.7 Å². The van der Waals surface area contributed by atoms with Gasteiger partial charge in [0.15, 0.2) is 0 Å². The fraction of sp³-hybridized carbons (Fsp3) is 0.214. The number of carbonyl (C=O) groups excluding carboxylic acids is 1. The molecular weight excluding hydrogens is 256 g/mol. The van der Waals surface area contributed by atoms with Gasteiger partial charge >= 0.3 is 0 Å². The maximum absolute atomic E-state index is 11.6. The van der Waals surface area contributed by atoms with E-state index in [1.165, 1.54) is 6.33 Å². The van der Waals surface area contributed by atoms with Crippen molar-refractivity contribution in [3.05, 3.63) is 48.3 Å². The number of hydrogen-bond acceptors (Lipinski definition) is 5. The van der Waals surface area contributed by atoms with Gasteiger partial charge in [-0.2, -0.15) is 0 Å². The Morgan fingerprint density at radius 2 is 2.10 bits per heavy atom. The van der Waals surface area contributed by atoms with Crippen molar-refractivity contribution in [2.75, 3.05) is 11.9 Å². The van der Waals surface area contributed by atoms with E-state index in [1.807, 2.05) is 37.3 Å². The SMILES string of the molecule is CCOc1cc(N[C@H](C(N)=O)c2ccccc2)ncn1. The molecule has 0 aliphatic heterocycles. The largest absolute Gasteiger partial charge is 0.478 e. The van der Waals surface area contributed by atoms with Crippen LogP contribution in [0.25, 0.3) is 0 Å².